The van der Waals surface area contributed by atoms with Crippen LogP contribution in [0.2, 0.25) is 5.15 Å². The molecule has 2 aromatic rings. The average Bonchev–Trinajstić information content (AvgIpc) is 3.18. The van der Waals surface area contributed by atoms with Crippen molar-refractivity contribution < 1.29 is 0 Å². The second-order valence-electron chi connectivity index (χ2n) is 3.91. The van der Waals surface area contributed by atoms with Crippen LogP contribution in [-0.4, -0.2) is 19.9 Å². The van der Waals surface area contributed by atoms with E-state index in [-0.39, 0.29) is 0 Å². The molecule has 0 radical (unpaired) electrons. The lowest BCUT2D eigenvalue weighted by molar-refractivity contribution is 0.970. The van der Waals surface area contributed by atoms with Crippen LogP contribution in [0, 0.1) is 0 Å². The summed E-state index contributed by atoms with van der Waals surface area (Å²) in [5, 5.41) is 0.440. The minimum atomic E-state index is 0.440. The Hall–Kier alpha value is -1.07. The molecule has 0 bridgehead atoms. The molecule has 6 heteroatoms. The standard InChI is InChI=1S/C11H8BrClN4/c12-8-9(6-1-2-6)16-11(17-10(8)13)7-3-4-14-5-15-7/h3-6H,1-2H2. The fourth-order valence-electron chi connectivity index (χ4n) is 1.60. The van der Waals surface area contributed by atoms with E-state index in [0.29, 0.717) is 22.6 Å². The van der Waals surface area contributed by atoms with Crippen molar-refractivity contribution in [1.29, 1.82) is 0 Å². The van der Waals surface area contributed by atoms with E-state index in [1.807, 2.05) is 0 Å². The number of rotatable bonds is 2. The molecule has 3 rings (SSSR count). The number of aromatic nitrogens is 4. The third-order valence-electron chi connectivity index (χ3n) is 2.61. The monoisotopic (exact) mass is 310 g/mol. The molecule has 2 aromatic heterocycles. The van der Waals surface area contributed by atoms with Gasteiger partial charge in [-0.3, -0.25) is 0 Å². The van der Waals surface area contributed by atoms with Gasteiger partial charge < -0.3 is 0 Å². The minimum absolute atomic E-state index is 0.440. The van der Waals surface area contributed by atoms with Gasteiger partial charge in [0.15, 0.2) is 5.82 Å². The molecular formula is C11H8BrClN4. The molecule has 0 aliphatic heterocycles. The number of halogens is 2. The zero-order chi connectivity index (χ0) is 11.8. The van der Waals surface area contributed by atoms with E-state index in [0.717, 1.165) is 23.0 Å². The van der Waals surface area contributed by atoms with Crippen molar-refractivity contribution in [3.63, 3.8) is 0 Å². The molecule has 0 saturated heterocycles. The second-order valence-corrected chi connectivity index (χ2v) is 5.06. The third kappa shape index (κ3) is 2.17. The third-order valence-corrected chi connectivity index (χ3v) is 3.90. The van der Waals surface area contributed by atoms with Crippen LogP contribution in [0.1, 0.15) is 24.5 Å². The van der Waals surface area contributed by atoms with Crippen molar-refractivity contribution in [2.24, 2.45) is 0 Å². The van der Waals surface area contributed by atoms with E-state index >= 15 is 0 Å². The number of nitrogens with zero attached hydrogens (tertiary/aromatic N) is 4. The molecule has 0 spiro atoms. The highest BCUT2D eigenvalue weighted by atomic mass is 79.9. The molecule has 0 amide bonds. The molecule has 1 aliphatic carbocycles. The zero-order valence-corrected chi connectivity index (χ0v) is 11.1. The maximum Gasteiger partial charge on any atom is 0.180 e. The lowest BCUT2D eigenvalue weighted by Crippen LogP contribution is -1.98. The fraction of sp³-hybridized carbons (Fsp3) is 0.273. The number of hydrogen-bond acceptors (Lipinski definition) is 4. The first-order valence-corrected chi connectivity index (χ1v) is 6.42. The quantitative estimate of drug-likeness (QED) is 0.799. The second kappa shape index (κ2) is 4.31. The normalized spacial score (nSPS) is 14.9. The van der Waals surface area contributed by atoms with Crippen LogP contribution >= 0.6 is 27.5 Å². The van der Waals surface area contributed by atoms with Gasteiger partial charge >= 0.3 is 0 Å². The lowest BCUT2D eigenvalue weighted by atomic mass is 10.2. The van der Waals surface area contributed by atoms with Crippen molar-refractivity contribution in [1.82, 2.24) is 19.9 Å². The molecule has 1 fully saturated rings. The van der Waals surface area contributed by atoms with Gasteiger partial charge in [-0.1, -0.05) is 11.6 Å². The topological polar surface area (TPSA) is 51.6 Å². The molecular weight excluding hydrogens is 304 g/mol. The van der Waals surface area contributed by atoms with E-state index in [4.69, 9.17) is 11.6 Å². The molecule has 0 atom stereocenters. The van der Waals surface area contributed by atoms with Crippen LogP contribution in [0.3, 0.4) is 0 Å². The van der Waals surface area contributed by atoms with E-state index in [1.165, 1.54) is 6.33 Å². The van der Waals surface area contributed by atoms with Gasteiger partial charge in [0.1, 0.15) is 17.2 Å². The Kier molecular flexibility index (Phi) is 2.80. The Balaban J connectivity index is 2.12. The summed E-state index contributed by atoms with van der Waals surface area (Å²) in [6.07, 6.45) is 5.47. The molecule has 17 heavy (non-hydrogen) atoms. The Morgan fingerprint density at radius 1 is 1.29 bits per heavy atom. The van der Waals surface area contributed by atoms with Gasteiger partial charge in [-0.05, 0) is 34.8 Å². The summed E-state index contributed by atoms with van der Waals surface area (Å²) in [6.45, 7) is 0. The predicted octanol–water partition coefficient (Wildman–Crippen LogP) is 3.23. The van der Waals surface area contributed by atoms with Gasteiger partial charge in [-0.15, -0.1) is 0 Å². The molecule has 0 unspecified atom stereocenters. The largest absolute Gasteiger partial charge is 0.245 e. The summed E-state index contributed by atoms with van der Waals surface area (Å²) in [4.78, 5) is 16.8. The van der Waals surface area contributed by atoms with E-state index in [2.05, 4.69) is 35.9 Å². The first kappa shape index (κ1) is 11.0. The van der Waals surface area contributed by atoms with E-state index < -0.39 is 0 Å². The first-order chi connectivity index (χ1) is 8.25. The van der Waals surface area contributed by atoms with Crippen molar-refractivity contribution in [2.75, 3.05) is 0 Å². The first-order valence-electron chi connectivity index (χ1n) is 5.25. The summed E-state index contributed by atoms with van der Waals surface area (Å²) < 4.78 is 0.805. The maximum absolute atomic E-state index is 6.10. The summed E-state index contributed by atoms with van der Waals surface area (Å²) in [5.41, 5.74) is 1.68. The molecule has 86 valence electrons. The Morgan fingerprint density at radius 2 is 2.12 bits per heavy atom. The van der Waals surface area contributed by atoms with Gasteiger partial charge in [0, 0.05) is 12.1 Å². The average molecular weight is 312 g/mol. The predicted molar refractivity (Wildman–Crippen MR) is 67.7 cm³/mol. The van der Waals surface area contributed by atoms with Gasteiger partial charge in [0.2, 0.25) is 0 Å². The van der Waals surface area contributed by atoms with Crippen LogP contribution < -0.4 is 0 Å². The van der Waals surface area contributed by atoms with Gasteiger partial charge in [0.05, 0.1) is 10.2 Å². The summed E-state index contributed by atoms with van der Waals surface area (Å²) in [7, 11) is 0. The van der Waals surface area contributed by atoms with Gasteiger partial charge in [0.25, 0.3) is 0 Å². The summed E-state index contributed by atoms with van der Waals surface area (Å²) in [5.74, 6) is 1.06. The van der Waals surface area contributed by atoms with E-state index in [1.54, 1.807) is 12.3 Å². The molecule has 0 aromatic carbocycles. The van der Waals surface area contributed by atoms with Crippen LogP contribution in [-0.2, 0) is 0 Å². The van der Waals surface area contributed by atoms with Crippen LogP contribution in [0.4, 0.5) is 0 Å². The summed E-state index contributed by atoms with van der Waals surface area (Å²) >= 11 is 9.54. The van der Waals surface area contributed by atoms with Crippen molar-refractivity contribution >= 4 is 27.5 Å². The molecule has 1 aliphatic rings. The Labute approximate surface area is 112 Å². The van der Waals surface area contributed by atoms with Crippen molar-refractivity contribution in [3.05, 3.63) is 33.9 Å². The Bertz CT molecular complexity index is 557. The van der Waals surface area contributed by atoms with Crippen molar-refractivity contribution in [2.45, 2.75) is 18.8 Å². The van der Waals surface area contributed by atoms with Crippen LogP contribution in [0.15, 0.2) is 23.1 Å². The van der Waals surface area contributed by atoms with Crippen LogP contribution in [0.25, 0.3) is 11.5 Å². The molecule has 2 heterocycles. The zero-order valence-electron chi connectivity index (χ0n) is 8.77. The lowest BCUT2D eigenvalue weighted by Gasteiger charge is -2.06. The minimum Gasteiger partial charge on any atom is -0.245 e. The molecule has 4 nitrogen and oxygen atoms in total. The smallest absolute Gasteiger partial charge is 0.180 e. The van der Waals surface area contributed by atoms with Crippen LogP contribution in [0.5, 0.6) is 0 Å². The maximum atomic E-state index is 6.10. The number of hydrogen-bond donors (Lipinski definition) is 0. The molecule has 1 saturated carbocycles. The SMILES string of the molecule is Clc1nc(-c2ccncn2)nc(C2CC2)c1Br. The van der Waals surface area contributed by atoms with Crippen molar-refractivity contribution in [3.8, 4) is 11.5 Å². The van der Waals surface area contributed by atoms with Gasteiger partial charge in [-0.25, -0.2) is 19.9 Å². The highest BCUT2D eigenvalue weighted by molar-refractivity contribution is 9.10. The molecule has 0 N–H and O–H groups in total. The highest BCUT2D eigenvalue weighted by Crippen LogP contribution is 2.44. The fourth-order valence-corrected chi connectivity index (χ4v) is 2.28. The highest BCUT2D eigenvalue weighted by Gasteiger charge is 2.29. The van der Waals surface area contributed by atoms with Gasteiger partial charge in [-0.2, -0.15) is 0 Å². The Morgan fingerprint density at radius 3 is 2.76 bits per heavy atom. The van der Waals surface area contributed by atoms with E-state index in [9.17, 15) is 0 Å². The summed E-state index contributed by atoms with van der Waals surface area (Å²) in [6, 6.07) is 1.77.